The Balaban J connectivity index is 2.71. The Morgan fingerprint density at radius 1 is 1.30 bits per heavy atom. The van der Waals surface area contributed by atoms with Gasteiger partial charge in [0, 0.05) is 18.1 Å². The van der Waals surface area contributed by atoms with Crippen LogP contribution in [0.1, 0.15) is 35.3 Å². The molecule has 106 valence electrons. The van der Waals surface area contributed by atoms with Crippen molar-refractivity contribution in [2.24, 2.45) is 0 Å². The molecule has 1 aromatic heterocycles. The van der Waals surface area contributed by atoms with Crippen LogP contribution in [0.15, 0.2) is 18.3 Å². The van der Waals surface area contributed by atoms with Crippen LogP contribution in [0.2, 0.25) is 0 Å². The summed E-state index contributed by atoms with van der Waals surface area (Å²) in [5.41, 5.74) is 4.47. The summed E-state index contributed by atoms with van der Waals surface area (Å²) in [5.74, 6) is -0.336. The van der Waals surface area contributed by atoms with E-state index in [4.69, 9.17) is 4.74 Å². The van der Waals surface area contributed by atoms with Crippen molar-refractivity contribution in [3.8, 4) is 0 Å². The van der Waals surface area contributed by atoms with Crippen LogP contribution < -0.4 is 5.32 Å². The molecule has 0 atom stereocenters. The first-order valence-corrected chi connectivity index (χ1v) is 6.89. The first kappa shape index (κ1) is 14.3. The van der Waals surface area contributed by atoms with E-state index in [-0.39, 0.29) is 5.97 Å². The molecule has 2 rings (SSSR count). The number of anilines is 1. The molecule has 0 spiro atoms. The first-order valence-electron chi connectivity index (χ1n) is 6.89. The second kappa shape index (κ2) is 5.90. The van der Waals surface area contributed by atoms with Gasteiger partial charge in [0.2, 0.25) is 0 Å². The van der Waals surface area contributed by atoms with Crippen molar-refractivity contribution in [3.05, 3.63) is 35.0 Å². The van der Waals surface area contributed by atoms with Crippen LogP contribution in [0.3, 0.4) is 0 Å². The zero-order valence-electron chi connectivity index (χ0n) is 12.4. The predicted molar refractivity (Wildman–Crippen MR) is 81.3 cm³/mol. The fourth-order valence-corrected chi connectivity index (χ4v) is 2.39. The number of carbonyl (C=O) groups is 1. The zero-order chi connectivity index (χ0) is 14.7. The van der Waals surface area contributed by atoms with Crippen molar-refractivity contribution in [3.63, 3.8) is 0 Å². The third-order valence-corrected chi connectivity index (χ3v) is 3.16. The Labute approximate surface area is 119 Å². The number of aromatic nitrogens is 1. The number of fused-ring (bicyclic) bond motifs is 1. The van der Waals surface area contributed by atoms with Crippen LogP contribution in [-0.2, 0) is 4.74 Å². The average molecular weight is 272 g/mol. The lowest BCUT2D eigenvalue weighted by Gasteiger charge is -2.14. The van der Waals surface area contributed by atoms with Crippen LogP contribution in [0.4, 0.5) is 5.69 Å². The maximum atomic E-state index is 12.1. The second-order valence-corrected chi connectivity index (χ2v) is 4.78. The normalized spacial score (nSPS) is 10.6. The lowest BCUT2D eigenvalue weighted by molar-refractivity contribution is 0.0527. The highest BCUT2D eigenvalue weighted by Crippen LogP contribution is 2.29. The van der Waals surface area contributed by atoms with E-state index < -0.39 is 0 Å². The SMILES string of the molecule is CCNc1c(C(=O)OCC)cnc2c(C)cc(C)cc12. The van der Waals surface area contributed by atoms with Crippen molar-refractivity contribution in [1.29, 1.82) is 0 Å². The van der Waals surface area contributed by atoms with Gasteiger partial charge in [-0.05, 0) is 39.3 Å². The molecular formula is C16H20N2O2. The molecule has 0 aliphatic rings. The number of rotatable bonds is 4. The molecule has 0 bridgehead atoms. The van der Waals surface area contributed by atoms with Crippen molar-refractivity contribution in [2.45, 2.75) is 27.7 Å². The molecule has 0 unspecified atom stereocenters. The number of hydrogen-bond acceptors (Lipinski definition) is 4. The first-order chi connectivity index (χ1) is 9.58. The quantitative estimate of drug-likeness (QED) is 0.866. The monoisotopic (exact) mass is 272 g/mol. The van der Waals surface area contributed by atoms with E-state index in [1.807, 2.05) is 20.8 Å². The molecule has 0 fully saturated rings. The predicted octanol–water partition coefficient (Wildman–Crippen LogP) is 3.46. The Morgan fingerprint density at radius 2 is 2.05 bits per heavy atom. The van der Waals surface area contributed by atoms with Gasteiger partial charge in [0.15, 0.2) is 0 Å². The molecule has 0 saturated heterocycles. The molecule has 4 nitrogen and oxygen atoms in total. The minimum Gasteiger partial charge on any atom is -0.462 e. The fraction of sp³-hybridized carbons (Fsp3) is 0.375. The molecule has 4 heteroatoms. The number of nitrogens with zero attached hydrogens (tertiary/aromatic N) is 1. The van der Waals surface area contributed by atoms with Gasteiger partial charge in [0.1, 0.15) is 5.56 Å². The van der Waals surface area contributed by atoms with E-state index in [2.05, 4.69) is 22.4 Å². The second-order valence-electron chi connectivity index (χ2n) is 4.78. The average Bonchev–Trinajstić information content (AvgIpc) is 2.39. The molecular weight excluding hydrogens is 252 g/mol. The highest BCUT2D eigenvalue weighted by atomic mass is 16.5. The maximum absolute atomic E-state index is 12.1. The third-order valence-electron chi connectivity index (χ3n) is 3.16. The lowest BCUT2D eigenvalue weighted by Crippen LogP contribution is -2.11. The molecule has 20 heavy (non-hydrogen) atoms. The van der Waals surface area contributed by atoms with Gasteiger partial charge in [0.25, 0.3) is 0 Å². The van der Waals surface area contributed by atoms with Crippen LogP contribution in [0.25, 0.3) is 10.9 Å². The number of nitrogens with one attached hydrogen (secondary N) is 1. The maximum Gasteiger partial charge on any atom is 0.341 e. The number of hydrogen-bond donors (Lipinski definition) is 1. The van der Waals surface area contributed by atoms with Crippen LogP contribution in [0, 0.1) is 13.8 Å². The highest BCUT2D eigenvalue weighted by molar-refractivity contribution is 6.05. The van der Waals surface area contributed by atoms with Gasteiger partial charge in [-0.3, -0.25) is 4.98 Å². The van der Waals surface area contributed by atoms with E-state index >= 15 is 0 Å². The standard InChI is InChI=1S/C16H20N2O2/c1-5-17-15-12-8-10(3)7-11(4)14(12)18-9-13(15)16(19)20-6-2/h7-9H,5-6H2,1-4H3,(H,17,18). The molecule has 0 aliphatic carbocycles. The topological polar surface area (TPSA) is 51.2 Å². The number of ether oxygens (including phenoxy) is 1. The van der Waals surface area contributed by atoms with Crippen molar-refractivity contribution < 1.29 is 9.53 Å². The molecule has 1 N–H and O–H groups in total. The van der Waals surface area contributed by atoms with Crippen molar-refractivity contribution in [2.75, 3.05) is 18.5 Å². The van der Waals surface area contributed by atoms with Gasteiger partial charge in [-0.15, -0.1) is 0 Å². The van der Waals surface area contributed by atoms with Gasteiger partial charge in [-0.1, -0.05) is 11.6 Å². The summed E-state index contributed by atoms with van der Waals surface area (Å²) in [6, 6.07) is 4.14. The van der Waals surface area contributed by atoms with Gasteiger partial charge in [0.05, 0.1) is 17.8 Å². The third kappa shape index (κ3) is 2.59. The number of pyridine rings is 1. The van der Waals surface area contributed by atoms with Gasteiger partial charge in [-0.2, -0.15) is 0 Å². The molecule has 0 saturated carbocycles. The fourth-order valence-electron chi connectivity index (χ4n) is 2.39. The summed E-state index contributed by atoms with van der Waals surface area (Å²) in [4.78, 5) is 16.5. The van der Waals surface area contributed by atoms with Crippen LogP contribution in [0.5, 0.6) is 0 Å². The molecule has 1 aromatic carbocycles. The minimum absolute atomic E-state index is 0.336. The Morgan fingerprint density at radius 3 is 2.70 bits per heavy atom. The summed E-state index contributed by atoms with van der Waals surface area (Å²) >= 11 is 0. The summed E-state index contributed by atoms with van der Waals surface area (Å²) in [6.07, 6.45) is 1.60. The summed E-state index contributed by atoms with van der Waals surface area (Å²) in [6.45, 7) is 8.96. The smallest absolute Gasteiger partial charge is 0.341 e. The van der Waals surface area contributed by atoms with E-state index in [0.717, 1.165) is 34.3 Å². The van der Waals surface area contributed by atoms with Crippen molar-refractivity contribution >= 4 is 22.6 Å². The van der Waals surface area contributed by atoms with E-state index in [1.165, 1.54) is 0 Å². The molecule has 0 amide bonds. The number of esters is 1. The van der Waals surface area contributed by atoms with Gasteiger partial charge in [-0.25, -0.2) is 4.79 Å². The minimum atomic E-state index is -0.336. The van der Waals surface area contributed by atoms with Crippen LogP contribution in [-0.4, -0.2) is 24.1 Å². The number of benzene rings is 1. The Bertz CT molecular complexity index is 650. The zero-order valence-corrected chi connectivity index (χ0v) is 12.4. The molecule has 1 heterocycles. The Kier molecular flexibility index (Phi) is 4.23. The Hall–Kier alpha value is -2.10. The lowest BCUT2D eigenvalue weighted by atomic mass is 10.0. The van der Waals surface area contributed by atoms with Crippen LogP contribution >= 0.6 is 0 Å². The van der Waals surface area contributed by atoms with E-state index in [1.54, 1.807) is 13.1 Å². The number of aryl methyl sites for hydroxylation is 2. The molecule has 0 aliphatic heterocycles. The summed E-state index contributed by atoms with van der Waals surface area (Å²) in [5, 5.41) is 4.24. The molecule has 2 aromatic rings. The van der Waals surface area contributed by atoms with Gasteiger partial charge >= 0.3 is 5.97 Å². The van der Waals surface area contributed by atoms with E-state index in [0.29, 0.717) is 12.2 Å². The molecule has 0 radical (unpaired) electrons. The highest BCUT2D eigenvalue weighted by Gasteiger charge is 2.17. The summed E-state index contributed by atoms with van der Waals surface area (Å²) < 4.78 is 5.11. The largest absolute Gasteiger partial charge is 0.462 e. The summed E-state index contributed by atoms with van der Waals surface area (Å²) in [7, 11) is 0. The van der Waals surface area contributed by atoms with Crippen molar-refractivity contribution in [1.82, 2.24) is 4.98 Å². The van der Waals surface area contributed by atoms with Gasteiger partial charge < -0.3 is 10.1 Å². The number of carbonyl (C=O) groups excluding carboxylic acids is 1. The van der Waals surface area contributed by atoms with E-state index in [9.17, 15) is 4.79 Å².